The molecule has 262 valence electrons. The van der Waals surface area contributed by atoms with Gasteiger partial charge in [-0.25, -0.2) is 0 Å². The maximum Gasteiger partial charge on any atom is 0.301 e. The molecule has 2 heterocycles. The molecule has 1 aliphatic rings. The molecule has 1 aliphatic heterocycles. The number of ketones is 1. The second-order valence-electron chi connectivity index (χ2n) is 12.1. The molecule has 6 aromatic rings. The summed E-state index contributed by atoms with van der Waals surface area (Å²) in [6, 6.07) is 33.4. The SMILES string of the molecule is CCOc1ccc(C2C(=C(O)c3ccc(OCc4cccc(C)c4)cc3)C(=O)C(=O)N2c2nnc(SCc3cccc4ccccc34)s2)cc1OC. The van der Waals surface area contributed by atoms with Crippen LogP contribution in [0.4, 0.5) is 5.13 Å². The Balaban J connectivity index is 1.22. The molecule has 52 heavy (non-hydrogen) atoms. The van der Waals surface area contributed by atoms with E-state index in [-0.39, 0.29) is 16.5 Å². The minimum absolute atomic E-state index is 0.0789. The second kappa shape index (κ2) is 15.3. The van der Waals surface area contributed by atoms with E-state index in [9.17, 15) is 14.7 Å². The Kier molecular flexibility index (Phi) is 10.2. The van der Waals surface area contributed by atoms with Crippen LogP contribution >= 0.6 is 23.1 Å². The third kappa shape index (κ3) is 7.10. The molecular formula is C41H35N3O6S2. The lowest BCUT2D eigenvalue weighted by Crippen LogP contribution is -2.29. The molecule has 1 aromatic heterocycles. The molecule has 7 rings (SSSR count). The molecule has 1 saturated heterocycles. The molecule has 0 aliphatic carbocycles. The minimum Gasteiger partial charge on any atom is -0.507 e. The number of benzene rings is 5. The van der Waals surface area contributed by atoms with Gasteiger partial charge in [-0.1, -0.05) is 101 Å². The predicted molar refractivity (Wildman–Crippen MR) is 204 cm³/mol. The number of thioether (sulfide) groups is 1. The molecule has 0 spiro atoms. The van der Waals surface area contributed by atoms with Crippen molar-refractivity contribution in [2.75, 3.05) is 18.6 Å². The third-order valence-corrected chi connectivity index (χ3v) is 10.8. The lowest BCUT2D eigenvalue weighted by Gasteiger charge is -2.23. The second-order valence-corrected chi connectivity index (χ2v) is 14.3. The number of aliphatic hydroxyl groups is 1. The number of carbonyl (C=O) groups is 2. The molecule has 1 N–H and O–H groups in total. The summed E-state index contributed by atoms with van der Waals surface area (Å²) in [4.78, 5) is 29.1. The lowest BCUT2D eigenvalue weighted by atomic mass is 9.95. The average molecular weight is 730 g/mol. The number of fused-ring (bicyclic) bond motifs is 1. The summed E-state index contributed by atoms with van der Waals surface area (Å²) in [6.45, 7) is 4.69. The molecule has 5 aromatic carbocycles. The third-order valence-electron chi connectivity index (χ3n) is 8.70. The van der Waals surface area contributed by atoms with Gasteiger partial charge in [-0.3, -0.25) is 14.5 Å². The molecule has 9 nitrogen and oxygen atoms in total. The first kappa shape index (κ1) is 34.8. The molecule has 0 bridgehead atoms. The first-order valence-corrected chi connectivity index (χ1v) is 18.5. The Bertz CT molecular complexity index is 2300. The topological polar surface area (TPSA) is 111 Å². The van der Waals surface area contributed by atoms with Crippen molar-refractivity contribution in [2.45, 2.75) is 36.6 Å². The van der Waals surface area contributed by atoms with Crippen molar-refractivity contribution in [3.8, 4) is 17.2 Å². The quantitative estimate of drug-likeness (QED) is 0.0434. The number of Topliss-reactive ketones (excluding diaryl/α,β-unsaturated/α-hetero) is 1. The molecular weight excluding hydrogens is 695 g/mol. The molecule has 1 atom stereocenters. The first-order valence-electron chi connectivity index (χ1n) is 16.7. The largest absolute Gasteiger partial charge is 0.507 e. The van der Waals surface area contributed by atoms with Gasteiger partial charge >= 0.3 is 5.91 Å². The standard InChI is InChI=1S/C41H35N3O6S2/c1-4-49-33-20-17-29(22-34(33)48-3)36-35(37(45)28-15-18-31(19-16-28)50-23-26-10-7-9-25(2)21-26)38(46)39(47)44(36)40-42-43-41(52-40)51-24-30-13-8-12-27-11-5-6-14-32(27)30/h5-22,36,45H,4,23-24H2,1-3H3. The number of ether oxygens (including phenoxy) is 3. The first-order chi connectivity index (χ1) is 25.3. The number of methoxy groups -OCH3 is 1. The normalized spacial score (nSPS) is 15.3. The summed E-state index contributed by atoms with van der Waals surface area (Å²) in [7, 11) is 1.52. The van der Waals surface area contributed by atoms with Crippen LogP contribution in [0.15, 0.2) is 119 Å². The fourth-order valence-electron chi connectivity index (χ4n) is 6.22. The highest BCUT2D eigenvalue weighted by Crippen LogP contribution is 2.46. The van der Waals surface area contributed by atoms with Crippen LogP contribution in [0.1, 0.15) is 40.8 Å². The number of aromatic nitrogens is 2. The van der Waals surface area contributed by atoms with Gasteiger partial charge in [0.2, 0.25) is 5.13 Å². The van der Waals surface area contributed by atoms with Crippen LogP contribution < -0.4 is 19.1 Å². The van der Waals surface area contributed by atoms with Crippen molar-refractivity contribution < 1.29 is 28.9 Å². The molecule has 1 unspecified atom stereocenters. The van der Waals surface area contributed by atoms with Crippen molar-refractivity contribution >= 4 is 56.5 Å². The van der Waals surface area contributed by atoms with Crippen LogP contribution in [0.3, 0.4) is 0 Å². The van der Waals surface area contributed by atoms with Crippen molar-refractivity contribution in [3.05, 3.63) is 143 Å². The molecule has 1 amide bonds. The highest BCUT2D eigenvalue weighted by atomic mass is 32.2. The zero-order valence-corrected chi connectivity index (χ0v) is 30.4. The molecule has 1 fully saturated rings. The van der Waals surface area contributed by atoms with E-state index in [2.05, 4.69) is 40.5 Å². The van der Waals surface area contributed by atoms with Gasteiger partial charge in [-0.15, -0.1) is 10.2 Å². The fraction of sp³-hybridized carbons (Fsp3) is 0.171. The Morgan fingerprint density at radius 1 is 0.885 bits per heavy atom. The number of rotatable bonds is 12. The lowest BCUT2D eigenvalue weighted by molar-refractivity contribution is -0.132. The molecule has 0 radical (unpaired) electrons. The van der Waals surface area contributed by atoms with Gasteiger partial charge in [-0.05, 0) is 77.7 Å². The predicted octanol–water partition coefficient (Wildman–Crippen LogP) is 8.90. The van der Waals surface area contributed by atoms with Crippen LogP contribution in [-0.2, 0) is 21.9 Å². The zero-order valence-electron chi connectivity index (χ0n) is 28.7. The van der Waals surface area contributed by atoms with Crippen LogP contribution in [0.2, 0.25) is 0 Å². The number of aliphatic hydroxyl groups excluding tert-OH is 1. The van der Waals surface area contributed by atoms with E-state index < -0.39 is 17.7 Å². The van der Waals surface area contributed by atoms with Crippen molar-refractivity contribution in [3.63, 3.8) is 0 Å². The minimum atomic E-state index is -1.02. The van der Waals surface area contributed by atoms with Gasteiger partial charge in [0.25, 0.3) is 5.78 Å². The Hall–Kier alpha value is -5.65. The van der Waals surface area contributed by atoms with E-state index in [0.717, 1.165) is 27.5 Å². The summed E-state index contributed by atoms with van der Waals surface area (Å²) < 4.78 is 18.0. The van der Waals surface area contributed by atoms with Crippen molar-refractivity contribution in [1.82, 2.24) is 10.2 Å². The number of hydrogen-bond donors (Lipinski definition) is 1. The number of carbonyl (C=O) groups excluding carboxylic acids is 2. The van der Waals surface area contributed by atoms with Gasteiger partial charge in [0.05, 0.1) is 25.3 Å². The molecule has 0 saturated carbocycles. The number of amides is 1. The highest BCUT2D eigenvalue weighted by Gasteiger charge is 2.48. The van der Waals surface area contributed by atoms with E-state index in [1.54, 1.807) is 42.5 Å². The number of hydrogen-bond acceptors (Lipinski definition) is 10. The van der Waals surface area contributed by atoms with Gasteiger partial charge in [-0.2, -0.15) is 0 Å². The summed E-state index contributed by atoms with van der Waals surface area (Å²) >= 11 is 2.71. The van der Waals surface area contributed by atoms with E-state index in [4.69, 9.17) is 14.2 Å². The molecule has 11 heteroatoms. The van der Waals surface area contributed by atoms with E-state index in [0.29, 0.717) is 51.7 Å². The Morgan fingerprint density at radius 3 is 2.46 bits per heavy atom. The maximum absolute atomic E-state index is 13.9. The number of aryl methyl sites for hydroxylation is 1. The zero-order chi connectivity index (χ0) is 36.2. The van der Waals surface area contributed by atoms with Crippen molar-refractivity contribution in [1.29, 1.82) is 0 Å². The summed E-state index contributed by atoms with van der Waals surface area (Å²) in [6.07, 6.45) is 0. The maximum atomic E-state index is 13.9. The summed E-state index contributed by atoms with van der Waals surface area (Å²) in [5, 5.41) is 23.1. The van der Waals surface area contributed by atoms with E-state index >= 15 is 0 Å². The number of anilines is 1. The summed E-state index contributed by atoms with van der Waals surface area (Å²) in [5.74, 6) is 0.180. The van der Waals surface area contributed by atoms with Crippen LogP contribution in [0.25, 0.3) is 16.5 Å². The van der Waals surface area contributed by atoms with Gasteiger partial charge in [0.1, 0.15) is 18.1 Å². The Labute approximate surface area is 309 Å². The van der Waals surface area contributed by atoms with Crippen LogP contribution in [0, 0.1) is 6.92 Å². The van der Waals surface area contributed by atoms with Crippen LogP contribution in [0.5, 0.6) is 17.2 Å². The van der Waals surface area contributed by atoms with Crippen LogP contribution in [-0.4, -0.2) is 40.7 Å². The Morgan fingerprint density at radius 2 is 1.67 bits per heavy atom. The highest BCUT2D eigenvalue weighted by molar-refractivity contribution is 8.00. The van der Waals surface area contributed by atoms with E-state index in [1.165, 1.54) is 35.1 Å². The van der Waals surface area contributed by atoms with Gasteiger partial charge in [0, 0.05) is 11.3 Å². The van der Waals surface area contributed by atoms with E-state index in [1.807, 2.05) is 50.2 Å². The van der Waals surface area contributed by atoms with Gasteiger partial charge < -0.3 is 19.3 Å². The smallest absolute Gasteiger partial charge is 0.301 e. The van der Waals surface area contributed by atoms with Gasteiger partial charge in [0.15, 0.2) is 15.8 Å². The number of nitrogens with zero attached hydrogens (tertiary/aromatic N) is 3. The fourth-order valence-corrected chi connectivity index (χ4v) is 8.09. The average Bonchev–Trinajstić information content (AvgIpc) is 3.74. The summed E-state index contributed by atoms with van der Waals surface area (Å²) in [5.41, 5.74) is 4.12. The monoisotopic (exact) mass is 729 g/mol. The van der Waals surface area contributed by atoms with Crippen molar-refractivity contribution in [2.24, 2.45) is 0 Å².